The summed E-state index contributed by atoms with van der Waals surface area (Å²) in [6.07, 6.45) is 48.1. The topological polar surface area (TPSA) is 78.9 Å². The minimum Gasteiger partial charge on any atom is -0.462 e. The second-order valence-electron chi connectivity index (χ2n) is 18.3. The first-order valence-corrected chi connectivity index (χ1v) is 25.9. The summed E-state index contributed by atoms with van der Waals surface area (Å²) < 4.78 is 16.8. The highest BCUT2D eigenvalue weighted by Crippen LogP contribution is 2.17. The number of hydrogen-bond acceptors (Lipinski definition) is 6. The molecule has 6 nitrogen and oxygen atoms in total. The van der Waals surface area contributed by atoms with Crippen molar-refractivity contribution >= 4 is 17.9 Å². The van der Waals surface area contributed by atoms with Crippen LogP contribution in [0.2, 0.25) is 0 Å². The Hall–Kier alpha value is -1.59. The molecule has 0 rings (SSSR count). The normalized spacial score (nSPS) is 11.9. The first-order chi connectivity index (χ1) is 28.4. The molecule has 0 aliphatic heterocycles. The quantitative estimate of drug-likeness (QED) is 0.0346. The van der Waals surface area contributed by atoms with E-state index in [0.717, 1.165) is 63.7 Å². The lowest BCUT2D eigenvalue weighted by Gasteiger charge is -2.18. The van der Waals surface area contributed by atoms with E-state index in [1.807, 2.05) is 0 Å². The lowest BCUT2D eigenvalue weighted by Crippen LogP contribution is -2.30. The number of carbonyl (C=O) groups excluding carboxylic acids is 3. The molecular formula is C52H100O6. The van der Waals surface area contributed by atoms with E-state index >= 15 is 0 Å². The van der Waals surface area contributed by atoms with Gasteiger partial charge in [0.2, 0.25) is 0 Å². The summed E-state index contributed by atoms with van der Waals surface area (Å²) in [6.45, 7) is 8.98. The van der Waals surface area contributed by atoms with E-state index < -0.39 is 6.10 Å². The van der Waals surface area contributed by atoms with Crippen molar-refractivity contribution in [3.05, 3.63) is 0 Å². The van der Waals surface area contributed by atoms with Crippen LogP contribution in [-0.4, -0.2) is 37.2 Å². The van der Waals surface area contributed by atoms with Crippen LogP contribution in [0.5, 0.6) is 0 Å². The van der Waals surface area contributed by atoms with Crippen LogP contribution in [0.1, 0.15) is 291 Å². The minimum atomic E-state index is -0.761. The van der Waals surface area contributed by atoms with Crippen molar-refractivity contribution in [1.82, 2.24) is 0 Å². The Balaban J connectivity index is 4.29. The van der Waals surface area contributed by atoms with Crippen LogP contribution in [0.25, 0.3) is 0 Å². The van der Waals surface area contributed by atoms with Crippen molar-refractivity contribution in [3.63, 3.8) is 0 Å². The van der Waals surface area contributed by atoms with E-state index in [2.05, 4.69) is 27.7 Å². The second-order valence-corrected chi connectivity index (χ2v) is 18.3. The Morgan fingerprint density at radius 1 is 0.328 bits per heavy atom. The largest absolute Gasteiger partial charge is 0.462 e. The SMILES string of the molecule is CCCCCCCCCCCCCCCCCCC(=O)O[C@H](COC(=O)CCCCCCCCCCCCCCCC)COC(=O)CCCCCCCCCC(C)C. The molecule has 0 amide bonds. The fourth-order valence-corrected chi connectivity index (χ4v) is 7.86. The summed E-state index contributed by atoms with van der Waals surface area (Å²) in [5, 5.41) is 0. The molecule has 0 fully saturated rings. The van der Waals surface area contributed by atoms with Gasteiger partial charge >= 0.3 is 17.9 Å². The predicted octanol–water partition coefficient (Wildman–Crippen LogP) is 16.7. The third kappa shape index (κ3) is 45.5. The molecular weight excluding hydrogens is 721 g/mol. The molecule has 0 bridgehead atoms. The van der Waals surface area contributed by atoms with E-state index in [0.29, 0.717) is 19.3 Å². The summed E-state index contributed by atoms with van der Waals surface area (Å²) in [5.41, 5.74) is 0. The average Bonchev–Trinajstić information content (AvgIpc) is 3.21. The Kier molecular flexibility index (Phi) is 45.2. The van der Waals surface area contributed by atoms with E-state index in [9.17, 15) is 14.4 Å². The van der Waals surface area contributed by atoms with Crippen molar-refractivity contribution < 1.29 is 28.6 Å². The fourth-order valence-electron chi connectivity index (χ4n) is 7.86. The number of ether oxygens (including phenoxy) is 3. The monoisotopic (exact) mass is 821 g/mol. The molecule has 0 heterocycles. The number of unbranched alkanes of at least 4 members (excludes halogenated alkanes) is 34. The van der Waals surface area contributed by atoms with Gasteiger partial charge in [-0.25, -0.2) is 0 Å². The van der Waals surface area contributed by atoms with Crippen LogP contribution < -0.4 is 0 Å². The molecule has 0 radical (unpaired) electrons. The zero-order chi connectivity index (χ0) is 42.4. The first-order valence-electron chi connectivity index (χ1n) is 25.9. The average molecular weight is 821 g/mol. The molecule has 0 spiro atoms. The Bertz CT molecular complexity index is 872. The van der Waals surface area contributed by atoms with E-state index in [4.69, 9.17) is 14.2 Å². The van der Waals surface area contributed by atoms with Gasteiger partial charge in [0.05, 0.1) is 0 Å². The Labute approximate surface area is 361 Å². The lowest BCUT2D eigenvalue weighted by atomic mass is 10.0. The molecule has 58 heavy (non-hydrogen) atoms. The molecule has 0 aromatic heterocycles. The Morgan fingerprint density at radius 2 is 0.569 bits per heavy atom. The van der Waals surface area contributed by atoms with Crippen LogP contribution >= 0.6 is 0 Å². The van der Waals surface area contributed by atoms with Crippen molar-refractivity contribution in [2.24, 2.45) is 5.92 Å². The van der Waals surface area contributed by atoms with Crippen LogP contribution in [0.4, 0.5) is 0 Å². The van der Waals surface area contributed by atoms with E-state index in [1.54, 1.807) is 0 Å². The van der Waals surface area contributed by atoms with Crippen molar-refractivity contribution in [2.75, 3.05) is 13.2 Å². The molecule has 0 aliphatic carbocycles. The van der Waals surface area contributed by atoms with Gasteiger partial charge in [0.25, 0.3) is 0 Å². The van der Waals surface area contributed by atoms with Gasteiger partial charge < -0.3 is 14.2 Å². The first kappa shape index (κ1) is 56.4. The maximum absolute atomic E-state index is 12.8. The van der Waals surface area contributed by atoms with Crippen LogP contribution in [-0.2, 0) is 28.6 Å². The van der Waals surface area contributed by atoms with Gasteiger partial charge in [0, 0.05) is 19.3 Å². The van der Waals surface area contributed by atoms with Gasteiger partial charge in [-0.1, -0.05) is 252 Å². The molecule has 1 atom stereocenters. The maximum atomic E-state index is 12.8. The Morgan fingerprint density at radius 3 is 0.845 bits per heavy atom. The molecule has 0 aromatic carbocycles. The standard InChI is InChI=1S/C52H100O6/c1-5-7-9-11-13-15-17-19-21-22-24-26-28-32-37-41-45-52(55)58-49(47-57-51(54)44-40-36-33-29-30-34-38-42-48(3)4)46-56-50(53)43-39-35-31-27-25-23-20-18-16-14-12-10-8-6-2/h48-49H,5-47H2,1-4H3/t49-/m1/s1. The molecule has 0 aromatic rings. The third-order valence-electron chi connectivity index (χ3n) is 11.8. The number of rotatable bonds is 47. The van der Waals surface area contributed by atoms with Gasteiger partial charge in [-0.3, -0.25) is 14.4 Å². The molecule has 0 saturated heterocycles. The van der Waals surface area contributed by atoms with E-state index in [-0.39, 0.29) is 31.1 Å². The lowest BCUT2D eigenvalue weighted by molar-refractivity contribution is -0.167. The molecule has 0 aliphatic rings. The molecule has 0 saturated carbocycles. The summed E-state index contributed by atoms with van der Waals surface area (Å²) in [4.78, 5) is 37.9. The highest BCUT2D eigenvalue weighted by molar-refractivity contribution is 5.71. The second kappa shape index (κ2) is 46.5. The van der Waals surface area contributed by atoms with Crippen molar-refractivity contribution in [2.45, 2.75) is 297 Å². The number of hydrogen-bond donors (Lipinski definition) is 0. The van der Waals surface area contributed by atoms with Gasteiger partial charge in [-0.2, -0.15) is 0 Å². The fraction of sp³-hybridized carbons (Fsp3) is 0.942. The predicted molar refractivity (Wildman–Crippen MR) is 247 cm³/mol. The highest BCUT2D eigenvalue weighted by atomic mass is 16.6. The van der Waals surface area contributed by atoms with Crippen LogP contribution in [0.15, 0.2) is 0 Å². The summed E-state index contributed by atoms with van der Waals surface area (Å²) in [7, 11) is 0. The van der Waals surface area contributed by atoms with E-state index in [1.165, 1.54) is 186 Å². The van der Waals surface area contributed by atoms with Gasteiger partial charge in [0.15, 0.2) is 6.10 Å². The van der Waals surface area contributed by atoms with Crippen molar-refractivity contribution in [1.29, 1.82) is 0 Å². The molecule has 344 valence electrons. The smallest absolute Gasteiger partial charge is 0.306 e. The number of esters is 3. The van der Waals surface area contributed by atoms with Gasteiger partial charge in [-0.15, -0.1) is 0 Å². The number of carbonyl (C=O) groups is 3. The van der Waals surface area contributed by atoms with Crippen LogP contribution in [0.3, 0.4) is 0 Å². The zero-order valence-electron chi connectivity index (χ0n) is 39.5. The van der Waals surface area contributed by atoms with Crippen molar-refractivity contribution in [3.8, 4) is 0 Å². The third-order valence-corrected chi connectivity index (χ3v) is 11.8. The maximum Gasteiger partial charge on any atom is 0.306 e. The van der Waals surface area contributed by atoms with Crippen LogP contribution in [0, 0.1) is 5.92 Å². The summed E-state index contributed by atoms with van der Waals surface area (Å²) in [5.74, 6) is -0.0655. The molecule has 6 heteroatoms. The minimum absolute atomic E-state index is 0.0633. The highest BCUT2D eigenvalue weighted by Gasteiger charge is 2.19. The summed E-state index contributed by atoms with van der Waals surface area (Å²) in [6, 6.07) is 0. The summed E-state index contributed by atoms with van der Waals surface area (Å²) >= 11 is 0. The molecule has 0 unspecified atom stereocenters. The zero-order valence-corrected chi connectivity index (χ0v) is 39.5. The van der Waals surface area contributed by atoms with Gasteiger partial charge in [-0.05, 0) is 25.2 Å². The molecule has 0 N–H and O–H groups in total. The van der Waals surface area contributed by atoms with Gasteiger partial charge in [0.1, 0.15) is 13.2 Å².